The number of halogens is 1. The third-order valence-electron chi connectivity index (χ3n) is 2.92. The van der Waals surface area contributed by atoms with Crippen LogP contribution >= 0.6 is 11.8 Å². The van der Waals surface area contributed by atoms with Crippen molar-refractivity contribution in [2.45, 2.75) is 0 Å². The monoisotopic (exact) mass is 260 g/mol. The van der Waals surface area contributed by atoms with Gasteiger partial charge >= 0.3 is 5.97 Å². The van der Waals surface area contributed by atoms with Gasteiger partial charge in [-0.05, 0) is 6.07 Å². The number of hydrogen-bond donors (Lipinski definition) is 0. The van der Waals surface area contributed by atoms with Crippen LogP contribution < -0.4 is 0 Å². The molecule has 1 aromatic carbocycles. The Bertz CT molecular complexity index is 764. The number of esters is 1. The number of nitrogens with zero attached hydrogens (tertiary/aromatic N) is 2. The minimum absolute atomic E-state index is 0.362. The van der Waals surface area contributed by atoms with E-state index in [1.165, 1.54) is 17.4 Å². The fraction of sp³-hybridized carbons (Fsp3) is 0.0769. The highest BCUT2D eigenvalue weighted by Crippen LogP contribution is 2.31. The summed E-state index contributed by atoms with van der Waals surface area (Å²) in [6.45, 7) is 0. The van der Waals surface area contributed by atoms with E-state index in [0.717, 1.165) is 16.3 Å². The molecule has 0 saturated carbocycles. The molecule has 0 spiro atoms. The molecule has 2 heterocycles. The second kappa shape index (κ2) is 3.99. The zero-order valence-corrected chi connectivity index (χ0v) is 10.3. The lowest BCUT2D eigenvalue weighted by Crippen LogP contribution is -2.03. The molecular weight excluding hydrogens is 252 g/mol. The molecule has 90 valence electrons. The van der Waals surface area contributed by atoms with E-state index in [9.17, 15) is 4.79 Å². The van der Waals surface area contributed by atoms with Crippen LogP contribution in [-0.4, -0.2) is 22.1 Å². The molecule has 4 nitrogen and oxygen atoms in total. The van der Waals surface area contributed by atoms with Crippen molar-refractivity contribution in [3.05, 3.63) is 42.2 Å². The number of ether oxygens (including phenoxy) is 1. The summed E-state index contributed by atoms with van der Waals surface area (Å²) in [5.41, 5.74) is 1.83. The molecule has 0 amide bonds. The van der Waals surface area contributed by atoms with Crippen LogP contribution in [0.3, 0.4) is 0 Å². The smallest absolute Gasteiger partial charge is 0.341 e. The minimum Gasteiger partial charge on any atom is -0.465 e. The van der Waals surface area contributed by atoms with Crippen LogP contribution in [-0.2, 0) is 4.74 Å². The number of aromatic nitrogens is 2. The second-order valence-corrected chi connectivity index (χ2v) is 4.21. The van der Waals surface area contributed by atoms with Crippen LogP contribution in [0.2, 0.25) is 0 Å². The Morgan fingerprint density at radius 3 is 2.83 bits per heavy atom. The number of pyridine rings is 1. The first-order valence-electron chi connectivity index (χ1n) is 5.35. The Morgan fingerprint density at radius 1 is 1.28 bits per heavy atom. The van der Waals surface area contributed by atoms with Gasteiger partial charge in [-0.25, -0.2) is 4.79 Å². The first-order valence-corrected chi connectivity index (χ1v) is 5.69. The molecule has 0 N–H and O–H groups in total. The number of fused-ring (bicyclic) bond motifs is 3. The van der Waals surface area contributed by atoms with E-state index in [1.54, 1.807) is 6.20 Å². The number of carbonyl (C=O) groups is 1. The lowest BCUT2D eigenvalue weighted by atomic mass is 10.1. The average Bonchev–Trinajstić information content (AvgIpc) is 2.72. The molecular formula is C13H9ClN2O2. The normalized spacial score (nSPS) is 11.0. The maximum atomic E-state index is 11.7. The molecule has 3 aromatic rings. The molecule has 18 heavy (non-hydrogen) atoms. The van der Waals surface area contributed by atoms with E-state index in [4.69, 9.17) is 16.5 Å². The average molecular weight is 261 g/mol. The summed E-state index contributed by atoms with van der Waals surface area (Å²) in [5, 5.41) is 1.80. The number of benzene rings is 1. The van der Waals surface area contributed by atoms with Crippen LogP contribution in [0, 0.1) is 0 Å². The van der Waals surface area contributed by atoms with Crippen molar-refractivity contribution in [3.8, 4) is 0 Å². The SMILES string of the molecule is COC(=O)c1cncc2c3ccccc3n(Cl)c12. The number of methoxy groups -OCH3 is 1. The second-order valence-electron chi connectivity index (χ2n) is 3.87. The molecule has 0 saturated heterocycles. The fourth-order valence-electron chi connectivity index (χ4n) is 2.11. The van der Waals surface area contributed by atoms with E-state index in [2.05, 4.69) is 4.98 Å². The quantitative estimate of drug-likeness (QED) is 0.632. The maximum Gasteiger partial charge on any atom is 0.341 e. The highest BCUT2D eigenvalue weighted by atomic mass is 35.5. The molecule has 0 atom stereocenters. The van der Waals surface area contributed by atoms with Gasteiger partial charge in [0.2, 0.25) is 0 Å². The molecule has 0 unspecified atom stereocenters. The number of rotatable bonds is 1. The summed E-state index contributed by atoms with van der Waals surface area (Å²) in [6, 6.07) is 7.65. The van der Waals surface area contributed by atoms with E-state index < -0.39 is 5.97 Å². The molecule has 0 bridgehead atoms. The summed E-state index contributed by atoms with van der Waals surface area (Å²) >= 11 is 6.28. The van der Waals surface area contributed by atoms with Gasteiger partial charge in [0.1, 0.15) is 5.56 Å². The van der Waals surface area contributed by atoms with Gasteiger partial charge in [0.05, 0.1) is 18.1 Å². The van der Waals surface area contributed by atoms with Gasteiger partial charge in [0, 0.05) is 34.9 Å². The van der Waals surface area contributed by atoms with Gasteiger partial charge in [-0.2, -0.15) is 0 Å². The first kappa shape index (κ1) is 11.0. The number of carbonyl (C=O) groups excluding carboxylic acids is 1. The predicted molar refractivity (Wildman–Crippen MR) is 69.8 cm³/mol. The summed E-state index contributed by atoms with van der Waals surface area (Å²) in [7, 11) is 1.34. The molecule has 3 rings (SSSR count). The van der Waals surface area contributed by atoms with Gasteiger partial charge in [-0.15, -0.1) is 0 Å². The summed E-state index contributed by atoms with van der Waals surface area (Å²) in [6.07, 6.45) is 3.16. The zero-order valence-electron chi connectivity index (χ0n) is 9.55. The molecule has 0 aliphatic carbocycles. The molecule has 0 radical (unpaired) electrons. The first-order chi connectivity index (χ1) is 8.74. The van der Waals surface area contributed by atoms with Crippen molar-refractivity contribution in [2.24, 2.45) is 0 Å². The molecule has 2 aromatic heterocycles. The Kier molecular flexibility index (Phi) is 2.45. The maximum absolute atomic E-state index is 11.7. The van der Waals surface area contributed by atoms with Crippen molar-refractivity contribution in [1.29, 1.82) is 0 Å². The minimum atomic E-state index is -0.446. The molecule has 0 aliphatic heterocycles. The fourth-order valence-corrected chi connectivity index (χ4v) is 2.44. The zero-order chi connectivity index (χ0) is 12.7. The summed E-state index contributed by atoms with van der Waals surface area (Å²) < 4.78 is 6.22. The summed E-state index contributed by atoms with van der Waals surface area (Å²) in [4.78, 5) is 15.8. The van der Waals surface area contributed by atoms with Crippen molar-refractivity contribution in [2.75, 3.05) is 7.11 Å². The van der Waals surface area contributed by atoms with E-state index >= 15 is 0 Å². The van der Waals surface area contributed by atoms with Crippen LogP contribution in [0.1, 0.15) is 10.4 Å². The number of hydrogen-bond acceptors (Lipinski definition) is 3. The van der Waals surface area contributed by atoms with E-state index in [-0.39, 0.29) is 0 Å². The third kappa shape index (κ3) is 1.39. The highest BCUT2D eigenvalue weighted by molar-refractivity contribution is 6.28. The summed E-state index contributed by atoms with van der Waals surface area (Å²) in [5.74, 6) is -0.446. The molecule has 5 heteroatoms. The van der Waals surface area contributed by atoms with Crippen molar-refractivity contribution in [3.63, 3.8) is 0 Å². The molecule has 0 fully saturated rings. The van der Waals surface area contributed by atoms with Gasteiger partial charge in [-0.1, -0.05) is 18.2 Å². The van der Waals surface area contributed by atoms with E-state index in [1.807, 2.05) is 24.3 Å². The van der Waals surface area contributed by atoms with Crippen LogP contribution in [0.15, 0.2) is 36.7 Å². The predicted octanol–water partition coefficient (Wildman–Crippen LogP) is 2.98. The third-order valence-corrected chi connectivity index (χ3v) is 3.28. The number of para-hydroxylation sites is 1. The topological polar surface area (TPSA) is 44.1 Å². The largest absolute Gasteiger partial charge is 0.465 e. The molecule has 0 aliphatic rings. The van der Waals surface area contributed by atoms with Gasteiger partial charge in [0.15, 0.2) is 0 Å². The van der Waals surface area contributed by atoms with Gasteiger partial charge in [0.25, 0.3) is 0 Å². The van der Waals surface area contributed by atoms with Crippen LogP contribution in [0.25, 0.3) is 21.8 Å². The Morgan fingerprint density at radius 2 is 2.06 bits per heavy atom. The van der Waals surface area contributed by atoms with Crippen molar-refractivity contribution in [1.82, 2.24) is 9.07 Å². The van der Waals surface area contributed by atoms with Crippen LogP contribution in [0.5, 0.6) is 0 Å². The lowest BCUT2D eigenvalue weighted by molar-refractivity contribution is 0.0602. The Balaban J connectivity index is 2.52. The van der Waals surface area contributed by atoms with Crippen molar-refractivity contribution >= 4 is 39.6 Å². The van der Waals surface area contributed by atoms with Gasteiger partial charge in [-0.3, -0.25) is 9.07 Å². The standard InChI is InChI=1S/C13H9ClN2O2/c1-18-13(17)10-7-15-6-9-8-4-2-3-5-11(8)16(14)12(9)10/h2-7H,1H3. The van der Waals surface area contributed by atoms with E-state index in [0.29, 0.717) is 11.1 Å². The van der Waals surface area contributed by atoms with Gasteiger partial charge < -0.3 is 4.74 Å². The lowest BCUT2D eigenvalue weighted by Gasteiger charge is -2.01. The van der Waals surface area contributed by atoms with Crippen molar-refractivity contribution < 1.29 is 9.53 Å². The Hall–Kier alpha value is -2.07. The Labute approximate surface area is 108 Å². The van der Waals surface area contributed by atoms with Crippen LogP contribution in [0.4, 0.5) is 0 Å². The highest BCUT2D eigenvalue weighted by Gasteiger charge is 2.17.